The molecule has 2 atom stereocenters. The van der Waals surface area contributed by atoms with Crippen LogP contribution in [-0.2, 0) is 11.0 Å². The number of carboxylic acids is 1. The smallest absolute Gasteiger partial charge is 0.435 e. The van der Waals surface area contributed by atoms with Gasteiger partial charge in [0.25, 0.3) is 0 Å². The van der Waals surface area contributed by atoms with Crippen LogP contribution < -0.4 is 4.90 Å². The molecule has 1 fully saturated rings. The number of anilines is 1. The number of hydrogen-bond acceptors (Lipinski definition) is 4. The second-order valence-corrected chi connectivity index (χ2v) is 4.52. The first kappa shape index (κ1) is 13.6. The van der Waals surface area contributed by atoms with Gasteiger partial charge in [0, 0.05) is 6.54 Å². The monoisotopic (exact) mass is 275 g/mol. The number of carboxylic acid groups (broad SMARTS) is 1. The van der Waals surface area contributed by atoms with Gasteiger partial charge < -0.3 is 10.0 Å². The second-order valence-electron chi connectivity index (χ2n) is 4.52. The van der Waals surface area contributed by atoms with Gasteiger partial charge in [0.15, 0.2) is 11.5 Å². The molecule has 0 amide bonds. The Morgan fingerprint density at radius 1 is 1.42 bits per heavy atom. The zero-order chi connectivity index (χ0) is 14.2. The molecule has 1 aliphatic rings. The van der Waals surface area contributed by atoms with Crippen molar-refractivity contribution in [2.24, 2.45) is 5.92 Å². The normalized spacial score (nSPS) is 23.7. The first-order chi connectivity index (χ1) is 8.80. The summed E-state index contributed by atoms with van der Waals surface area (Å²) >= 11 is 0. The van der Waals surface area contributed by atoms with Gasteiger partial charge in [0.2, 0.25) is 0 Å². The summed E-state index contributed by atoms with van der Waals surface area (Å²) in [5, 5.41) is 15.7. The third-order valence-corrected chi connectivity index (χ3v) is 3.19. The van der Waals surface area contributed by atoms with E-state index in [1.165, 1.54) is 4.90 Å². The maximum absolute atomic E-state index is 12.4. The van der Waals surface area contributed by atoms with Crippen LogP contribution in [0.4, 0.5) is 19.0 Å². The van der Waals surface area contributed by atoms with Crippen molar-refractivity contribution in [1.29, 1.82) is 0 Å². The van der Waals surface area contributed by atoms with Crippen LogP contribution in [0.2, 0.25) is 0 Å². The van der Waals surface area contributed by atoms with E-state index in [1.54, 1.807) is 6.92 Å². The van der Waals surface area contributed by atoms with Crippen molar-refractivity contribution in [3.63, 3.8) is 0 Å². The fraction of sp³-hybridized carbons (Fsp3) is 0.545. The molecule has 5 nitrogen and oxygen atoms in total. The lowest BCUT2D eigenvalue weighted by Gasteiger charge is -2.23. The van der Waals surface area contributed by atoms with Gasteiger partial charge in [-0.05, 0) is 24.5 Å². The number of alkyl halides is 3. The molecule has 0 saturated carbocycles. The third kappa shape index (κ3) is 2.61. The van der Waals surface area contributed by atoms with Gasteiger partial charge in [-0.25, -0.2) is 4.79 Å². The fourth-order valence-corrected chi connectivity index (χ4v) is 2.21. The van der Waals surface area contributed by atoms with E-state index in [0.717, 1.165) is 12.1 Å². The second kappa shape index (κ2) is 4.67. The van der Waals surface area contributed by atoms with Crippen molar-refractivity contribution in [3.8, 4) is 0 Å². The van der Waals surface area contributed by atoms with Gasteiger partial charge in [-0.15, -0.1) is 10.2 Å². The van der Waals surface area contributed by atoms with E-state index in [2.05, 4.69) is 10.2 Å². The van der Waals surface area contributed by atoms with Gasteiger partial charge in [0.1, 0.15) is 6.04 Å². The van der Waals surface area contributed by atoms with Crippen LogP contribution in [0.15, 0.2) is 12.1 Å². The molecule has 19 heavy (non-hydrogen) atoms. The molecule has 8 heteroatoms. The molecule has 2 heterocycles. The van der Waals surface area contributed by atoms with E-state index < -0.39 is 23.9 Å². The number of carbonyl (C=O) groups is 1. The lowest BCUT2D eigenvalue weighted by Crippen LogP contribution is -2.39. The summed E-state index contributed by atoms with van der Waals surface area (Å²) in [5.41, 5.74) is -1.09. The molecule has 2 rings (SSSR count). The Labute approximate surface area is 107 Å². The maximum atomic E-state index is 12.4. The largest absolute Gasteiger partial charge is 0.480 e. The van der Waals surface area contributed by atoms with E-state index in [9.17, 15) is 18.0 Å². The predicted molar refractivity (Wildman–Crippen MR) is 59.6 cm³/mol. The molecule has 1 aromatic heterocycles. The Kier molecular flexibility index (Phi) is 3.34. The summed E-state index contributed by atoms with van der Waals surface area (Å²) in [6, 6.07) is 1.19. The zero-order valence-corrected chi connectivity index (χ0v) is 10.1. The molecular formula is C11H12F3N3O2. The summed E-state index contributed by atoms with van der Waals surface area (Å²) in [5.74, 6) is -0.932. The molecule has 1 saturated heterocycles. The minimum absolute atomic E-state index is 0.0819. The molecule has 0 spiro atoms. The molecule has 0 aliphatic carbocycles. The Balaban J connectivity index is 2.25. The number of nitrogens with zero attached hydrogens (tertiary/aromatic N) is 3. The van der Waals surface area contributed by atoms with Gasteiger partial charge in [-0.3, -0.25) is 0 Å². The van der Waals surface area contributed by atoms with Crippen LogP contribution in [-0.4, -0.2) is 33.9 Å². The maximum Gasteiger partial charge on any atom is 0.435 e. The fourth-order valence-electron chi connectivity index (χ4n) is 2.21. The lowest BCUT2D eigenvalue weighted by molar-refractivity contribution is -0.142. The number of hydrogen-bond donors (Lipinski definition) is 1. The topological polar surface area (TPSA) is 66.3 Å². The SMILES string of the molecule is CC1CCN(c2ccc(C(F)(F)F)nn2)C1C(=O)O. The number of aliphatic carboxylic acids is 1. The Hall–Kier alpha value is -1.86. The van der Waals surface area contributed by atoms with Crippen LogP contribution >= 0.6 is 0 Å². The van der Waals surface area contributed by atoms with Crippen LogP contribution in [0.5, 0.6) is 0 Å². The minimum Gasteiger partial charge on any atom is -0.480 e. The van der Waals surface area contributed by atoms with E-state index in [4.69, 9.17) is 5.11 Å². The molecule has 104 valence electrons. The number of aromatic nitrogens is 2. The lowest BCUT2D eigenvalue weighted by atomic mass is 10.0. The Morgan fingerprint density at radius 2 is 2.11 bits per heavy atom. The highest BCUT2D eigenvalue weighted by atomic mass is 19.4. The van der Waals surface area contributed by atoms with Crippen molar-refractivity contribution in [1.82, 2.24) is 10.2 Å². The number of rotatable bonds is 2. The summed E-state index contributed by atoms with van der Waals surface area (Å²) < 4.78 is 37.1. The van der Waals surface area contributed by atoms with Crippen molar-refractivity contribution >= 4 is 11.8 Å². The molecule has 0 aromatic carbocycles. The third-order valence-electron chi connectivity index (χ3n) is 3.19. The standard InChI is InChI=1S/C11H12F3N3O2/c1-6-4-5-17(9(6)10(18)19)8-3-2-7(15-16-8)11(12,13)14/h2-3,6,9H,4-5H2,1H3,(H,18,19). The van der Waals surface area contributed by atoms with Crippen LogP contribution in [0.3, 0.4) is 0 Å². The first-order valence-electron chi connectivity index (χ1n) is 5.71. The summed E-state index contributed by atoms with van der Waals surface area (Å²) in [6.07, 6.45) is -3.89. The van der Waals surface area contributed by atoms with Gasteiger partial charge in [-0.1, -0.05) is 6.92 Å². The Morgan fingerprint density at radius 3 is 2.58 bits per heavy atom. The predicted octanol–water partition coefficient (Wildman–Crippen LogP) is 1.79. The van der Waals surface area contributed by atoms with E-state index in [1.807, 2.05) is 0 Å². The quantitative estimate of drug-likeness (QED) is 0.891. The number of halogens is 3. The minimum atomic E-state index is -4.55. The average molecular weight is 275 g/mol. The highest BCUT2D eigenvalue weighted by Crippen LogP contribution is 2.31. The van der Waals surface area contributed by atoms with Crippen molar-refractivity contribution in [2.45, 2.75) is 25.6 Å². The van der Waals surface area contributed by atoms with Crippen LogP contribution in [0, 0.1) is 5.92 Å². The average Bonchev–Trinajstić information content (AvgIpc) is 2.70. The molecule has 2 unspecified atom stereocenters. The van der Waals surface area contributed by atoms with Crippen LogP contribution in [0.1, 0.15) is 19.0 Å². The van der Waals surface area contributed by atoms with Crippen molar-refractivity contribution in [3.05, 3.63) is 17.8 Å². The molecule has 0 bridgehead atoms. The molecule has 1 aromatic rings. The van der Waals surface area contributed by atoms with Gasteiger partial charge in [-0.2, -0.15) is 13.2 Å². The van der Waals surface area contributed by atoms with Gasteiger partial charge >= 0.3 is 12.1 Å². The summed E-state index contributed by atoms with van der Waals surface area (Å²) in [7, 11) is 0. The van der Waals surface area contributed by atoms with Crippen molar-refractivity contribution < 1.29 is 23.1 Å². The van der Waals surface area contributed by atoms with E-state index in [0.29, 0.717) is 13.0 Å². The molecule has 0 radical (unpaired) electrons. The summed E-state index contributed by atoms with van der Waals surface area (Å²) in [4.78, 5) is 12.6. The first-order valence-corrected chi connectivity index (χ1v) is 5.71. The highest BCUT2D eigenvalue weighted by molar-refractivity contribution is 5.78. The van der Waals surface area contributed by atoms with Crippen LogP contribution in [0.25, 0.3) is 0 Å². The van der Waals surface area contributed by atoms with Crippen molar-refractivity contribution in [2.75, 3.05) is 11.4 Å². The van der Waals surface area contributed by atoms with E-state index >= 15 is 0 Å². The van der Waals surface area contributed by atoms with E-state index in [-0.39, 0.29) is 11.7 Å². The molecule has 1 N–H and O–H groups in total. The molecule has 1 aliphatic heterocycles. The Bertz CT molecular complexity index is 475. The highest BCUT2D eigenvalue weighted by Gasteiger charge is 2.38. The zero-order valence-electron chi connectivity index (χ0n) is 10.1. The molecular weight excluding hydrogens is 263 g/mol. The summed E-state index contributed by atoms with van der Waals surface area (Å²) in [6.45, 7) is 2.23. The van der Waals surface area contributed by atoms with Gasteiger partial charge in [0.05, 0.1) is 0 Å².